The third-order valence-corrected chi connectivity index (χ3v) is 3.79. The Morgan fingerprint density at radius 1 is 1.46 bits per heavy atom. The van der Waals surface area contributed by atoms with Crippen LogP contribution in [0.25, 0.3) is 0 Å². The molecule has 1 fully saturated rings. The fourth-order valence-electron chi connectivity index (χ4n) is 2.51. The number of alkyl halides is 3. The normalized spacial score (nSPS) is 27.2. The molecular weight excluding hydrogens is 353 g/mol. The van der Waals surface area contributed by atoms with E-state index >= 15 is 0 Å². The van der Waals surface area contributed by atoms with Crippen molar-refractivity contribution in [2.75, 3.05) is 6.61 Å². The summed E-state index contributed by atoms with van der Waals surface area (Å²) < 4.78 is 44.8. The highest BCUT2D eigenvalue weighted by Gasteiger charge is 2.67. The van der Waals surface area contributed by atoms with Crippen LogP contribution in [0.3, 0.4) is 0 Å². The van der Waals surface area contributed by atoms with Crippen LogP contribution in [0.4, 0.5) is 18.0 Å². The maximum atomic E-state index is 13.4. The van der Waals surface area contributed by atoms with E-state index in [2.05, 4.69) is 10.1 Å². The number of urea groups is 1. The molecular formula is C14H14ClF3N2O4. The van der Waals surface area contributed by atoms with Gasteiger partial charge in [0.05, 0.1) is 12.6 Å². The van der Waals surface area contributed by atoms with Gasteiger partial charge in [-0.15, -0.1) is 0 Å². The van der Waals surface area contributed by atoms with E-state index in [9.17, 15) is 27.9 Å². The third-order valence-electron chi connectivity index (χ3n) is 3.55. The van der Waals surface area contributed by atoms with Crippen LogP contribution in [0, 0.1) is 5.92 Å². The van der Waals surface area contributed by atoms with Crippen LogP contribution in [-0.2, 0) is 9.53 Å². The van der Waals surface area contributed by atoms with Crippen molar-refractivity contribution < 1.29 is 32.6 Å². The topological polar surface area (TPSA) is 87.7 Å². The van der Waals surface area contributed by atoms with Crippen molar-refractivity contribution in [3.8, 4) is 0 Å². The molecule has 1 heterocycles. The lowest BCUT2D eigenvalue weighted by molar-refractivity contribution is -0.294. The second-order valence-corrected chi connectivity index (χ2v) is 5.56. The standard InChI is InChI=1S/C14H14ClF3N2O4/c1-2-24-11(21)9-10(7-4-3-5-8(15)6-7)19-12(22)20-13(9,23)14(16,17)18/h3-6,9-10,23H,2H2,1H3,(H2,19,20,22). The van der Waals surface area contributed by atoms with Crippen molar-refractivity contribution in [2.24, 2.45) is 5.92 Å². The zero-order valence-electron chi connectivity index (χ0n) is 12.4. The van der Waals surface area contributed by atoms with Gasteiger partial charge in [0.25, 0.3) is 5.72 Å². The third kappa shape index (κ3) is 3.27. The summed E-state index contributed by atoms with van der Waals surface area (Å²) in [5.41, 5.74) is -3.66. The summed E-state index contributed by atoms with van der Waals surface area (Å²) in [4.78, 5) is 23.8. The highest BCUT2D eigenvalue weighted by Crippen LogP contribution is 2.43. The summed E-state index contributed by atoms with van der Waals surface area (Å²) in [7, 11) is 0. The van der Waals surface area contributed by atoms with Crippen LogP contribution in [0.2, 0.25) is 5.02 Å². The molecule has 6 nitrogen and oxygen atoms in total. The Hall–Kier alpha value is -2.00. The average Bonchev–Trinajstić information content (AvgIpc) is 2.45. The van der Waals surface area contributed by atoms with E-state index in [-0.39, 0.29) is 17.2 Å². The first-order valence-electron chi connectivity index (χ1n) is 6.90. The second kappa shape index (κ2) is 6.48. The minimum atomic E-state index is -5.31. The first-order valence-corrected chi connectivity index (χ1v) is 7.28. The van der Waals surface area contributed by atoms with Gasteiger partial charge in [-0.05, 0) is 24.6 Å². The molecule has 3 unspecified atom stereocenters. The molecule has 132 valence electrons. The molecule has 1 aliphatic rings. The number of carbonyl (C=O) groups is 2. The molecule has 3 N–H and O–H groups in total. The van der Waals surface area contributed by atoms with Gasteiger partial charge in [-0.3, -0.25) is 4.79 Å². The predicted molar refractivity (Wildman–Crippen MR) is 77.0 cm³/mol. The zero-order valence-corrected chi connectivity index (χ0v) is 13.1. The monoisotopic (exact) mass is 366 g/mol. The van der Waals surface area contributed by atoms with Crippen LogP contribution in [0.15, 0.2) is 24.3 Å². The molecule has 2 rings (SSSR count). The van der Waals surface area contributed by atoms with Crippen LogP contribution >= 0.6 is 11.6 Å². The van der Waals surface area contributed by atoms with Gasteiger partial charge in [-0.1, -0.05) is 23.7 Å². The van der Waals surface area contributed by atoms with Crippen LogP contribution in [0.5, 0.6) is 0 Å². The van der Waals surface area contributed by atoms with Gasteiger partial charge in [0, 0.05) is 5.02 Å². The smallest absolute Gasteiger partial charge is 0.437 e. The Morgan fingerprint density at radius 3 is 2.67 bits per heavy atom. The minimum Gasteiger partial charge on any atom is -0.466 e. The minimum absolute atomic E-state index is 0.123. The molecule has 1 aliphatic heterocycles. The van der Waals surface area contributed by atoms with Crippen molar-refractivity contribution in [3.05, 3.63) is 34.9 Å². The Bertz CT molecular complexity index is 655. The van der Waals surface area contributed by atoms with Crippen molar-refractivity contribution in [3.63, 3.8) is 0 Å². The van der Waals surface area contributed by atoms with Crippen molar-refractivity contribution in [1.82, 2.24) is 10.6 Å². The molecule has 0 saturated carbocycles. The van der Waals surface area contributed by atoms with E-state index < -0.39 is 35.9 Å². The van der Waals surface area contributed by atoms with Gasteiger partial charge in [0.2, 0.25) is 0 Å². The van der Waals surface area contributed by atoms with E-state index in [0.29, 0.717) is 0 Å². The van der Waals surface area contributed by atoms with Gasteiger partial charge < -0.3 is 20.5 Å². The molecule has 24 heavy (non-hydrogen) atoms. The number of hydrogen-bond acceptors (Lipinski definition) is 4. The largest absolute Gasteiger partial charge is 0.466 e. The Labute approximate surface area is 139 Å². The fourth-order valence-corrected chi connectivity index (χ4v) is 2.71. The summed E-state index contributed by atoms with van der Waals surface area (Å²) in [5.74, 6) is -3.47. The van der Waals surface area contributed by atoms with Gasteiger partial charge in [0.1, 0.15) is 5.92 Å². The zero-order chi connectivity index (χ0) is 18.1. The van der Waals surface area contributed by atoms with Gasteiger partial charge >= 0.3 is 18.2 Å². The van der Waals surface area contributed by atoms with E-state index in [1.54, 1.807) is 0 Å². The lowest BCUT2D eigenvalue weighted by Crippen LogP contribution is -2.73. The van der Waals surface area contributed by atoms with Gasteiger partial charge in [-0.25, -0.2) is 4.79 Å². The Morgan fingerprint density at radius 2 is 2.12 bits per heavy atom. The van der Waals surface area contributed by atoms with Crippen molar-refractivity contribution in [2.45, 2.75) is 24.9 Å². The fraction of sp³-hybridized carbons (Fsp3) is 0.429. The first-order chi connectivity index (χ1) is 11.1. The quantitative estimate of drug-likeness (QED) is 0.715. The molecule has 0 radical (unpaired) electrons. The van der Waals surface area contributed by atoms with Crippen molar-refractivity contribution >= 4 is 23.6 Å². The Balaban J connectivity index is 2.57. The molecule has 2 amide bonds. The first kappa shape index (κ1) is 18.3. The number of ether oxygens (including phenoxy) is 1. The number of amides is 2. The molecule has 1 aromatic rings. The van der Waals surface area contributed by atoms with E-state index in [0.717, 1.165) is 0 Å². The lowest BCUT2D eigenvalue weighted by Gasteiger charge is -2.44. The van der Waals surface area contributed by atoms with E-state index in [1.807, 2.05) is 0 Å². The number of nitrogens with one attached hydrogen (secondary N) is 2. The van der Waals surface area contributed by atoms with Crippen molar-refractivity contribution in [1.29, 1.82) is 0 Å². The second-order valence-electron chi connectivity index (χ2n) is 5.12. The van der Waals surface area contributed by atoms with Crippen LogP contribution in [0.1, 0.15) is 18.5 Å². The molecule has 0 spiro atoms. The molecule has 0 aliphatic carbocycles. The SMILES string of the molecule is CCOC(=O)C1C(c2cccc(Cl)c2)NC(=O)NC1(O)C(F)(F)F. The molecule has 10 heteroatoms. The number of aliphatic hydroxyl groups is 1. The maximum absolute atomic E-state index is 13.4. The average molecular weight is 367 g/mol. The highest BCUT2D eigenvalue weighted by atomic mass is 35.5. The summed E-state index contributed by atoms with van der Waals surface area (Å²) in [6, 6.07) is 2.83. The number of halogens is 4. The molecule has 3 atom stereocenters. The van der Waals surface area contributed by atoms with Crippen LogP contribution < -0.4 is 10.6 Å². The van der Waals surface area contributed by atoms with Gasteiger partial charge in [0.15, 0.2) is 0 Å². The number of esters is 1. The number of carbonyl (C=O) groups excluding carboxylic acids is 2. The van der Waals surface area contributed by atoms with E-state index in [1.165, 1.54) is 36.5 Å². The highest BCUT2D eigenvalue weighted by molar-refractivity contribution is 6.30. The molecule has 1 aromatic carbocycles. The molecule has 1 saturated heterocycles. The molecule has 0 aromatic heterocycles. The summed E-state index contributed by atoms with van der Waals surface area (Å²) in [5, 5.41) is 13.9. The van der Waals surface area contributed by atoms with E-state index in [4.69, 9.17) is 11.6 Å². The number of hydrogen-bond donors (Lipinski definition) is 3. The lowest BCUT2D eigenvalue weighted by atomic mass is 9.82. The molecule has 0 bridgehead atoms. The Kier molecular flexibility index (Phi) is 4.95. The summed E-state index contributed by atoms with van der Waals surface area (Å²) in [6.45, 7) is 1.22. The van der Waals surface area contributed by atoms with Gasteiger partial charge in [-0.2, -0.15) is 13.2 Å². The predicted octanol–water partition coefficient (Wildman–Crippen LogP) is 2.12. The number of benzene rings is 1. The van der Waals surface area contributed by atoms with Crippen LogP contribution in [-0.4, -0.2) is 35.6 Å². The summed E-state index contributed by atoms with van der Waals surface area (Å²) in [6.07, 6.45) is -5.31. The number of rotatable bonds is 3. The maximum Gasteiger partial charge on any atom is 0.437 e. The summed E-state index contributed by atoms with van der Waals surface area (Å²) >= 11 is 5.82.